The average molecular weight is 458 g/mol. The van der Waals surface area contributed by atoms with Crippen molar-refractivity contribution in [2.24, 2.45) is 0 Å². The second-order valence-corrected chi connectivity index (χ2v) is 8.75. The number of hydrogen-bond donors (Lipinski definition) is 0. The molecule has 1 aliphatic rings. The van der Waals surface area contributed by atoms with Crippen molar-refractivity contribution in [1.82, 2.24) is 4.90 Å². The summed E-state index contributed by atoms with van der Waals surface area (Å²) in [5, 5.41) is 1.65. The molecule has 0 aliphatic carbocycles. The van der Waals surface area contributed by atoms with Gasteiger partial charge in [0, 0.05) is 46.8 Å². The number of rotatable bonds is 4. The first-order chi connectivity index (χ1) is 16.0. The zero-order valence-electron chi connectivity index (χ0n) is 18.6. The van der Waals surface area contributed by atoms with Crippen LogP contribution in [0.3, 0.4) is 0 Å². The van der Waals surface area contributed by atoms with Gasteiger partial charge in [-0.1, -0.05) is 48.0 Å². The largest absolute Gasteiger partial charge is 0.496 e. The molecule has 0 unspecified atom stereocenters. The number of carbonyl (C=O) groups is 1. The molecule has 0 atom stereocenters. The lowest BCUT2D eigenvalue weighted by Crippen LogP contribution is -2.34. The predicted octanol–water partition coefficient (Wildman–Crippen LogP) is 6.75. The monoisotopic (exact) mass is 457 g/mol. The van der Waals surface area contributed by atoms with E-state index in [1.807, 2.05) is 54.3 Å². The van der Waals surface area contributed by atoms with Gasteiger partial charge in [-0.25, -0.2) is 0 Å². The second kappa shape index (κ2) is 8.80. The van der Waals surface area contributed by atoms with E-state index in [0.717, 1.165) is 46.2 Å². The van der Waals surface area contributed by atoms with Crippen molar-refractivity contribution in [3.05, 3.63) is 94.7 Å². The maximum atomic E-state index is 13.1. The molecular formula is C28H24ClNO3. The molecule has 0 radical (unpaired) electrons. The molecule has 0 saturated heterocycles. The number of benzene rings is 3. The van der Waals surface area contributed by atoms with Gasteiger partial charge in [-0.2, -0.15) is 0 Å². The molecule has 0 bridgehead atoms. The van der Waals surface area contributed by atoms with Crippen LogP contribution in [0.4, 0.5) is 0 Å². The van der Waals surface area contributed by atoms with E-state index in [1.54, 1.807) is 19.4 Å². The molecule has 33 heavy (non-hydrogen) atoms. The fourth-order valence-corrected chi connectivity index (χ4v) is 4.55. The van der Waals surface area contributed by atoms with Gasteiger partial charge in [0.1, 0.15) is 11.3 Å². The SMILES string of the molecule is COc1cc2occ(-c3ccc(Cl)cc3)c2cc1/C(C)=C/C(=O)N1CCc2ccccc2C1. The Kier molecular flexibility index (Phi) is 5.69. The molecule has 5 rings (SSSR count). The number of halogens is 1. The van der Waals surface area contributed by atoms with Crippen molar-refractivity contribution in [3.63, 3.8) is 0 Å². The number of fused-ring (bicyclic) bond motifs is 2. The second-order valence-electron chi connectivity index (χ2n) is 8.31. The van der Waals surface area contributed by atoms with E-state index in [1.165, 1.54) is 11.1 Å². The van der Waals surface area contributed by atoms with Crippen molar-refractivity contribution in [2.45, 2.75) is 19.9 Å². The van der Waals surface area contributed by atoms with Crippen LogP contribution >= 0.6 is 11.6 Å². The standard InChI is InChI=1S/C28H24ClNO3/c1-18(13-28(31)30-12-11-19-5-3-4-6-21(19)16-30)23-14-24-25(20-7-9-22(29)10-8-20)17-33-27(24)15-26(23)32-2/h3-10,13-15,17H,11-12,16H2,1-2H3/b18-13+. The van der Waals surface area contributed by atoms with Gasteiger partial charge in [0.25, 0.3) is 0 Å². The van der Waals surface area contributed by atoms with Crippen LogP contribution < -0.4 is 4.74 Å². The molecule has 0 fully saturated rings. The minimum atomic E-state index is 0.00858. The maximum absolute atomic E-state index is 13.1. The average Bonchev–Trinajstić information content (AvgIpc) is 3.26. The lowest BCUT2D eigenvalue weighted by molar-refractivity contribution is -0.126. The van der Waals surface area contributed by atoms with Gasteiger partial charge in [0.15, 0.2) is 0 Å². The molecule has 4 aromatic rings. The molecule has 2 heterocycles. The molecule has 0 spiro atoms. The Morgan fingerprint density at radius 2 is 1.85 bits per heavy atom. The van der Waals surface area contributed by atoms with Gasteiger partial charge in [0.2, 0.25) is 5.91 Å². The van der Waals surface area contributed by atoms with Crippen LogP contribution in [0.5, 0.6) is 5.75 Å². The molecule has 1 aliphatic heterocycles. The number of ether oxygens (including phenoxy) is 1. The van der Waals surface area contributed by atoms with Crippen LogP contribution in [0.25, 0.3) is 27.7 Å². The molecule has 1 aromatic heterocycles. The van der Waals surface area contributed by atoms with Crippen LogP contribution in [-0.2, 0) is 17.8 Å². The summed E-state index contributed by atoms with van der Waals surface area (Å²) in [7, 11) is 1.63. The van der Waals surface area contributed by atoms with Crippen molar-refractivity contribution in [2.75, 3.05) is 13.7 Å². The van der Waals surface area contributed by atoms with Gasteiger partial charge < -0.3 is 14.1 Å². The van der Waals surface area contributed by atoms with E-state index in [-0.39, 0.29) is 5.91 Å². The van der Waals surface area contributed by atoms with Crippen molar-refractivity contribution < 1.29 is 13.9 Å². The van der Waals surface area contributed by atoms with E-state index >= 15 is 0 Å². The van der Waals surface area contributed by atoms with Gasteiger partial charge in [0.05, 0.1) is 13.4 Å². The fraction of sp³-hybridized carbons (Fsp3) is 0.179. The van der Waals surface area contributed by atoms with Crippen molar-refractivity contribution in [1.29, 1.82) is 0 Å². The van der Waals surface area contributed by atoms with E-state index in [2.05, 4.69) is 18.2 Å². The Hall–Kier alpha value is -3.50. The Morgan fingerprint density at radius 3 is 2.61 bits per heavy atom. The molecule has 5 heteroatoms. The number of carbonyl (C=O) groups excluding carboxylic acids is 1. The Morgan fingerprint density at radius 1 is 1.09 bits per heavy atom. The first-order valence-corrected chi connectivity index (χ1v) is 11.3. The fourth-order valence-electron chi connectivity index (χ4n) is 4.42. The van der Waals surface area contributed by atoms with E-state index in [4.69, 9.17) is 20.8 Å². The van der Waals surface area contributed by atoms with Gasteiger partial charge in [-0.05, 0) is 53.8 Å². The predicted molar refractivity (Wildman–Crippen MR) is 132 cm³/mol. The van der Waals surface area contributed by atoms with Gasteiger partial charge in [-0.3, -0.25) is 4.79 Å². The number of nitrogens with zero attached hydrogens (tertiary/aromatic N) is 1. The van der Waals surface area contributed by atoms with E-state index < -0.39 is 0 Å². The first-order valence-electron chi connectivity index (χ1n) is 10.9. The molecule has 0 saturated carbocycles. The highest BCUT2D eigenvalue weighted by molar-refractivity contribution is 6.30. The summed E-state index contributed by atoms with van der Waals surface area (Å²) in [6.07, 6.45) is 4.33. The number of hydrogen-bond acceptors (Lipinski definition) is 3. The quantitative estimate of drug-likeness (QED) is 0.318. The lowest BCUT2D eigenvalue weighted by Gasteiger charge is -2.28. The Labute approximate surface area is 198 Å². The molecule has 0 N–H and O–H groups in total. The summed E-state index contributed by atoms with van der Waals surface area (Å²) in [4.78, 5) is 15.0. The van der Waals surface area contributed by atoms with Crippen LogP contribution in [0.15, 0.2) is 77.4 Å². The summed E-state index contributed by atoms with van der Waals surface area (Å²) in [6.45, 7) is 3.30. The smallest absolute Gasteiger partial charge is 0.247 e. The highest BCUT2D eigenvalue weighted by Crippen LogP contribution is 2.37. The summed E-state index contributed by atoms with van der Waals surface area (Å²) >= 11 is 6.05. The Bertz CT molecular complexity index is 1370. The summed E-state index contributed by atoms with van der Waals surface area (Å²) in [6, 6.07) is 19.9. The minimum Gasteiger partial charge on any atom is -0.496 e. The third-order valence-electron chi connectivity index (χ3n) is 6.26. The number of amides is 1. The Balaban J connectivity index is 1.49. The normalized spacial score (nSPS) is 13.8. The molecule has 166 valence electrons. The van der Waals surface area contributed by atoms with E-state index in [0.29, 0.717) is 17.3 Å². The minimum absolute atomic E-state index is 0.00858. The summed E-state index contributed by atoms with van der Waals surface area (Å²) in [5.41, 5.74) is 6.97. The zero-order valence-corrected chi connectivity index (χ0v) is 19.4. The highest BCUT2D eigenvalue weighted by Gasteiger charge is 2.20. The number of furan rings is 1. The van der Waals surface area contributed by atoms with E-state index in [9.17, 15) is 4.79 Å². The lowest BCUT2D eigenvalue weighted by atomic mass is 9.98. The zero-order chi connectivity index (χ0) is 22.9. The third-order valence-corrected chi connectivity index (χ3v) is 6.51. The maximum Gasteiger partial charge on any atom is 0.247 e. The van der Waals surface area contributed by atoms with Crippen molar-refractivity contribution >= 4 is 34.1 Å². The van der Waals surface area contributed by atoms with Crippen LogP contribution in [0.2, 0.25) is 5.02 Å². The number of allylic oxidation sites excluding steroid dienone is 1. The van der Waals surface area contributed by atoms with Crippen molar-refractivity contribution in [3.8, 4) is 16.9 Å². The van der Waals surface area contributed by atoms with Crippen LogP contribution in [-0.4, -0.2) is 24.5 Å². The van der Waals surface area contributed by atoms with Gasteiger partial charge in [-0.15, -0.1) is 0 Å². The van der Waals surface area contributed by atoms with Gasteiger partial charge >= 0.3 is 0 Å². The van der Waals surface area contributed by atoms with Crippen LogP contribution in [0.1, 0.15) is 23.6 Å². The molecule has 3 aromatic carbocycles. The first kappa shape index (κ1) is 21.4. The topological polar surface area (TPSA) is 42.7 Å². The number of methoxy groups -OCH3 is 1. The molecule has 1 amide bonds. The van der Waals surface area contributed by atoms with Crippen LogP contribution in [0, 0.1) is 0 Å². The summed E-state index contributed by atoms with van der Waals surface area (Å²) in [5.74, 6) is 0.680. The molecular weight excluding hydrogens is 434 g/mol. The summed E-state index contributed by atoms with van der Waals surface area (Å²) < 4.78 is 11.4. The molecule has 4 nitrogen and oxygen atoms in total. The third kappa shape index (κ3) is 4.14. The highest BCUT2D eigenvalue weighted by atomic mass is 35.5.